The number of benzene rings is 1. The Labute approximate surface area is 121 Å². The van der Waals surface area contributed by atoms with Crippen LogP contribution < -0.4 is 0 Å². The second kappa shape index (κ2) is 5.44. The highest BCUT2D eigenvalue weighted by Gasteiger charge is 2.37. The maximum atomic E-state index is 13.8. The molecule has 6 heteroatoms. The van der Waals surface area contributed by atoms with Gasteiger partial charge in [-0.2, -0.15) is 0 Å². The Morgan fingerprint density at radius 1 is 1.29 bits per heavy atom. The second-order valence-corrected chi connectivity index (χ2v) is 5.42. The fraction of sp³-hybridized carbons (Fsp3) is 0.467. The summed E-state index contributed by atoms with van der Waals surface area (Å²) in [6.07, 6.45) is -0.290. The largest absolute Gasteiger partial charge is 0.479 e. The predicted octanol–water partition coefficient (Wildman–Crippen LogP) is 1.34. The van der Waals surface area contributed by atoms with E-state index in [1.165, 1.54) is 6.07 Å². The third kappa shape index (κ3) is 2.63. The molecule has 1 saturated heterocycles. The minimum Gasteiger partial charge on any atom is -0.479 e. The van der Waals surface area contributed by atoms with Gasteiger partial charge in [0.15, 0.2) is 6.10 Å². The Bertz CT molecular complexity index is 589. The highest BCUT2D eigenvalue weighted by atomic mass is 19.1. The Morgan fingerprint density at radius 2 is 2.05 bits per heavy atom. The van der Waals surface area contributed by atoms with Gasteiger partial charge in [-0.05, 0) is 30.9 Å². The minimum atomic E-state index is -1.04. The van der Waals surface area contributed by atoms with E-state index in [4.69, 9.17) is 9.84 Å². The van der Waals surface area contributed by atoms with Crippen molar-refractivity contribution >= 4 is 11.9 Å². The number of amides is 1. The molecule has 1 aromatic carbocycles. The van der Waals surface area contributed by atoms with Gasteiger partial charge < -0.3 is 14.7 Å². The van der Waals surface area contributed by atoms with E-state index < -0.39 is 18.2 Å². The number of halogens is 1. The molecule has 1 aromatic rings. The van der Waals surface area contributed by atoms with Crippen molar-refractivity contribution in [3.8, 4) is 0 Å². The van der Waals surface area contributed by atoms with Crippen LogP contribution in [0.3, 0.4) is 0 Å². The van der Waals surface area contributed by atoms with E-state index in [1.54, 1.807) is 11.0 Å². The molecule has 2 heterocycles. The lowest BCUT2D eigenvalue weighted by molar-refractivity contribution is -0.155. The smallest absolute Gasteiger partial charge is 0.332 e. The number of ether oxygens (including phenoxy) is 1. The first-order valence-electron chi connectivity index (χ1n) is 6.99. The summed E-state index contributed by atoms with van der Waals surface area (Å²) in [6.45, 7) is 0.728. The van der Waals surface area contributed by atoms with E-state index in [9.17, 15) is 14.0 Å². The molecule has 21 heavy (non-hydrogen) atoms. The number of carboxylic acids is 1. The fourth-order valence-electron chi connectivity index (χ4n) is 2.93. The number of fused-ring (bicyclic) bond motifs is 1. The van der Waals surface area contributed by atoms with Gasteiger partial charge in [-0.1, -0.05) is 12.1 Å². The quantitative estimate of drug-likeness (QED) is 0.893. The average Bonchev–Trinajstić information content (AvgIpc) is 2.97. The monoisotopic (exact) mass is 293 g/mol. The number of rotatable bonds is 2. The van der Waals surface area contributed by atoms with Crippen LogP contribution in [0.2, 0.25) is 0 Å². The molecule has 2 aliphatic rings. The number of hydrogen-bond acceptors (Lipinski definition) is 3. The topological polar surface area (TPSA) is 66.8 Å². The van der Waals surface area contributed by atoms with Crippen LogP contribution >= 0.6 is 0 Å². The molecule has 0 aromatic heterocycles. The SMILES string of the molecule is O=C(O)[C@H]1CC[C@@H](C(=O)N2CCc3cccc(F)c3C2)O1. The maximum absolute atomic E-state index is 13.8. The van der Waals surface area contributed by atoms with Crippen molar-refractivity contribution in [2.24, 2.45) is 0 Å². The summed E-state index contributed by atoms with van der Waals surface area (Å²) < 4.78 is 19.1. The fourth-order valence-corrected chi connectivity index (χ4v) is 2.93. The van der Waals surface area contributed by atoms with Gasteiger partial charge in [-0.3, -0.25) is 4.79 Å². The van der Waals surface area contributed by atoms with Gasteiger partial charge in [0.2, 0.25) is 0 Å². The van der Waals surface area contributed by atoms with Gasteiger partial charge in [0.25, 0.3) is 5.91 Å². The first kappa shape index (κ1) is 14.0. The van der Waals surface area contributed by atoms with E-state index >= 15 is 0 Å². The van der Waals surface area contributed by atoms with Crippen molar-refractivity contribution in [3.63, 3.8) is 0 Å². The van der Waals surface area contributed by atoms with Gasteiger partial charge >= 0.3 is 5.97 Å². The number of carboxylic acid groups (broad SMARTS) is 1. The predicted molar refractivity (Wildman–Crippen MR) is 71.1 cm³/mol. The molecule has 0 spiro atoms. The van der Waals surface area contributed by atoms with Crippen LogP contribution in [0.25, 0.3) is 0 Å². The van der Waals surface area contributed by atoms with E-state index in [0.717, 1.165) is 5.56 Å². The molecule has 0 aliphatic carbocycles. The molecule has 0 saturated carbocycles. The van der Waals surface area contributed by atoms with Crippen LogP contribution in [0, 0.1) is 5.82 Å². The summed E-state index contributed by atoms with van der Waals surface area (Å²) in [6, 6.07) is 4.93. The molecule has 2 atom stereocenters. The van der Waals surface area contributed by atoms with Gasteiger partial charge in [0.05, 0.1) is 0 Å². The Balaban J connectivity index is 1.70. The van der Waals surface area contributed by atoms with Crippen LogP contribution in [0.5, 0.6) is 0 Å². The highest BCUT2D eigenvalue weighted by molar-refractivity contribution is 5.83. The maximum Gasteiger partial charge on any atom is 0.332 e. The molecule has 0 unspecified atom stereocenters. The van der Waals surface area contributed by atoms with Crippen molar-refractivity contribution in [3.05, 3.63) is 35.1 Å². The van der Waals surface area contributed by atoms with Crippen LogP contribution in [-0.4, -0.2) is 40.6 Å². The normalized spacial score (nSPS) is 24.7. The zero-order valence-electron chi connectivity index (χ0n) is 11.4. The number of carbonyl (C=O) groups is 2. The summed E-state index contributed by atoms with van der Waals surface area (Å²) in [5.74, 6) is -1.59. The van der Waals surface area contributed by atoms with Crippen LogP contribution in [0.4, 0.5) is 4.39 Å². The third-order valence-electron chi connectivity index (χ3n) is 4.10. The van der Waals surface area contributed by atoms with Crippen LogP contribution in [0.1, 0.15) is 24.0 Å². The highest BCUT2D eigenvalue weighted by Crippen LogP contribution is 2.26. The summed E-state index contributed by atoms with van der Waals surface area (Å²) in [4.78, 5) is 24.8. The molecule has 2 aliphatic heterocycles. The van der Waals surface area contributed by atoms with Crippen LogP contribution in [-0.2, 0) is 27.3 Å². The lowest BCUT2D eigenvalue weighted by Gasteiger charge is -2.30. The molecule has 5 nitrogen and oxygen atoms in total. The zero-order valence-corrected chi connectivity index (χ0v) is 11.4. The molecule has 1 fully saturated rings. The summed E-state index contributed by atoms with van der Waals surface area (Å²) in [5.41, 5.74) is 1.47. The van der Waals surface area contributed by atoms with Gasteiger partial charge in [-0.25, -0.2) is 9.18 Å². The van der Waals surface area contributed by atoms with E-state index in [0.29, 0.717) is 31.4 Å². The van der Waals surface area contributed by atoms with Gasteiger partial charge in [0, 0.05) is 18.7 Å². The second-order valence-electron chi connectivity index (χ2n) is 5.42. The lowest BCUT2D eigenvalue weighted by Crippen LogP contribution is -2.42. The summed E-state index contributed by atoms with van der Waals surface area (Å²) in [7, 11) is 0. The first-order valence-corrected chi connectivity index (χ1v) is 6.99. The summed E-state index contributed by atoms with van der Waals surface area (Å²) in [5, 5.41) is 8.89. The number of hydrogen-bond donors (Lipinski definition) is 1. The van der Waals surface area contributed by atoms with Gasteiger partial charge in [-0.15, -0.1) is 0 Å². The standard InChI is InChI=1S/C15H16FNO4/c16-11-3-1-2-9-6-7-17(8-10(9)11)14(18)12-4-5-13(21-12)15(19)20/h1-3,12-13H,4-8H2,(H,19,20)/t12-,13+/m0/s1. The zero-order chi connectivity index (χ0) is 15.0. The Hall–Kier alpha value is -1.95. The number of aliphatic carboxylic acids is 1. The summed E-state index contributed by atoms with van der Waals surface area (Å²) >= 11 is 0. The molecule has 1 amide bonds. The van der Waals surface area contributed by atoms with Gasteiger partial charge in [0.1, 0.15) is 11.9 Å². The van der Waals surface area contributed by atoms with Crippen LogP contribution in [0.15, 0.2) is 18.2 Å². The average molecular weight is 293 g/mol. The lowest BCUT2D eigenvalue weighted by atomic mass is 9.98. The third-order valence-corrected chi connectivity index (χ3v) is 4.10. The number of carbonyl (C=O) groups excluding carboxylic acids is 1. The minimum absolute atomic E-state index is 0.221. The molecule has 0 bridgehead atoms. The number of nitrogens with zero attached hydrogens (tertiary/aromatic N) is 1. The molecular formula is C15H16FNO4. The van der Waals surface area contributed by atoms with Crippen molar-refractivity contribution in [1.82, 2.24) is 4.90 Å². The van der Waals surface area contributed by atoms with E-state index in [-0.39, 0.29) is 18.3 Å². The van der Waals surface area contributed by atoms with E-state index in [2.05, 4.69) is 0 Å². The molecule has 0 radical (unpaired) electrons. The van der Waals surface area contributed by atoms with Crippen molar-refractivity contribution in [2.45, 2.75) is 38.0 Å². The Kier molecular flexibility index (Phi) is 3.63. The van der Waals surface area contributed by atoms with E-state index in [1.807, 2.05) is 6.07 Å². The molecular weight excluding hydrogens is 277 g/mol. The first-order chi connectivity index (χ1) is 10.1. The van der Waals surface area contributed by atoms with Crippen molar-refractivity contribution in [2.75, 3.05) is 6.54 Å². The van der Waals surface area contributed by atoms with Crippen molar-refractivity contribution < 1.29 is 23.8 Å². The molecule has 3 rings (SSSR count). The van der Waals surface area contributed by atoms with Crippen molar-refractivity contribution in [1.29, 1.82) is 0 Å². The molecule has 1 N–H and O–H groups in total. The Morgan fingerprint density at radius 3 is 2.76 bits per heavy atom. The molecule has 112 valence electrons.